The second-order valence-corrected chi connectivity index (χ2v) is 11.6. The van der Waals surface area contributed by atoms with E-state index < -0.39 is 17.7 Å². The van der Waals surface area contributed by atoms with Crippen molar-refractivity contribution < 1.29 is 27.8 Å². The first-order chi connectivity index (χ1) is 17.1. The lowest BCUT2D eigenvalue weighted by Gasteiger charge is -2.48. The second kappa shape index (κ2) is 9.88. The minimum absolute atomic E-state index is 0.0701. The van der Waals surface area contributed by atoms with Crippen LogP contribution < -0.4 is 4.74 Å². The molecule has 2 aromatic rings. The maximum atomic E-state index is 14.3. The van der Waals surface area contributed by atoms with Crippen molar-refractivity contribution in [3.05, 3.63) is 41.5 Å². The molecule has 2 unspecified atom stereocenters. The van der Waals surface area contributed by atoms with E-state index in [4.69, 9.17) is 4.74 Å². The van der Waals surface area contributed by atoms with Gasteiger partial charge in [-0.05, 0) is 85.3 Å². The van der Waals surface area contributed by atoms with Gasteiger partial charge in [0.15, 0.2) is 0 Å². The predicted octanol–water partition coefficient (Wildman–Crippen LogP) is 7.28. The first-order valence-corrected chi connectivity index (χ1v) is 13.4. The zero-order valence-electron chi connectivity index (χ0n) is 21.1. The number of aliphatic carboxylic acids is 1. The van der Waals surface area contributed by atoms with Gasteiger partial charge in [0.05, 0.1) is 12.0 Å². The molecular weight excluding hydrogens is 467 g/mol. The molecule has 2 heterocycles. The van der Waals surface area contributed by atoms with Gasteiger partial charge < -0.3 is 9.84 Å². The maximum Gasteiger partial charge on any atom is 0.420 e. The number of piperidine rings is 2. The molecule has 2 bridgehead atoms. The fourth-order valence-electron chi connectivity index (χ4n) is 7.15. The van der Waals surface area contributed by atoms with Crippen molar-refractivity contribution >= 4 is 16.7 Å². The maximum absolute atomic E-state index is 14.3. The molecule has 7 heteroatoms. The molecule has 2 aliphatic heterocycles. The number of nitrogens with zero attached hydrogens (tertiary/aromatic N) is 1. The molecule has 36 heavy (non-hydrogen) atoms. The average Bonchev–Trinajstić information content (AvgIpc) is 2.77. The second-order valence-electron chi connectivity index (χ2n) is 11.6. The molecular formula is C29H36F3NO3. The molecule has 4 atom stereocenters. The molecule has 1 saturated carbocycles. The van der Waals surface area contributed by atoms with Crippen LogP contribution in [0.3, 0.4) is 0 Å². The van der Waals surface area contributed by atoms with Crippen LogP contribution in [-0.4, -0.2) is 34.2 Å². The molecule has 2 saturated heterocycles. The highest BCUT2D eigenvalue weighted by molar-refractivity contribution is 5.89. The average molecular weight is 504 g/mol. The third-order valence-corrected chi connectivity index (χ3v) is 8.60. The van der Waals surface area contributed by atoms with Gasteiger partial charge in [0.1, 0.15) is 11.3 Å². The summed E-state index contributed by atoms with van der Waals surface area (Å²) in [7, 11) is 0. The number of carboxylic acids is 1. The topological polar surface area (TPSA) is 49.8 Å². The predicted molar refractivity (Wildman–Crippen MR) is 133 cm³/mol. The summed E-state index contributed by atoms with van der Waals surface area (Å²) in [6, 6.07) is 8.92. The van der Waals surface area contributed by atoms with Crippen molar-refractivity contribution in [3.63, 3.8) is 0 Å². The van der Waals surface area contributed by atoms with E-state index in [2.05, 4.69) is 18.7 Å². The summed E-state index contributed by atoms with van der Waals surface area (Å²) in [5, 5.41) is 10.2. The van der Waals surface area contributed by atoms with Crippen LogP contribution in [0.1, 0.15) is 76.3 Å². The Bertz CT molecular complexity index is 1090. The minimum Gasteiger partial charge on any atom is -0.490 e. The number of ether oxygens (including phenoxy) is 1. The smallest absolute Gasteiger partial charge is 0.420 e. The van der Waals surface area contributed by atoms with Crippen LogP contribution in [-0.2, 0) is 17.5 Å². The van der Waals surface area contributed by atoms with E-state index in [1.807, 2.05) is 6.07 Å². The molecule has 1 N–H and O–H groups in total. The Labute approximate surface area is 210 Å². The van der Waals surface area contributed by atoms with Gasteiger partial charge in [-0.3, -0.25) is 9.69 Å². The Hall–Kier alpha value is -2.28. The molecule has 0 aromatic heterocycles. The summed E-state index contributed by atoms with van der Waals surface area (Å²) in [6.45, 7) is 4.91. The lowest BCUT2D eigenvalue weighted by molar-refractivity contribution is -0.146. The Balaban J connectivity index is 1.41. The standard InChI is InChI=1S/C29H36F3NO3/c1-17-10-18(2)12-24(11-17)36-26-9-7-20-13-19(6-8-25(20)27(26)29(30,31)32)16-33-22-4-3-5-23(33)15-21(14-22)28(34)35/h6-9,13,17-18,21-24H,3-5,10-12,14-16H2,1-2H3,(H,34,35)/t17-,18-,21?,22?,23?/m1/s1. The molecule has 1 aliphatic carbocycles. The van der Waals surface area contributed by atoms with Crippen molar-refractivity contribution in [2.24, 2.45) is 17.8 Å². The lowest BCUT2D eigenvalue weighted by atomic mass is 9.78. The fourth-order valence-corrected chi connectivity index (χ4v) is 7.15. The molecule has 3 fully saturated rings. The van der Waals surface area contributed by atoms with Gasteiger partial charge in [0.2, 0.25) is 0 Å². The van der Waals surface area contributed by atoms with E-state index in [-0.39, 0.29) is 35.2 Å². The Morgan fingerprint density at radius 2 is 1.67 bits per heavy atom. The number of fused-ring (bicyclic) bond motifs is 3. The monoisotopic (exact) mass is 503 g/mol. The highest BCUT2D eigenvalue weighted by Crippen LogP contribution is 2.44. The third-order valence-electron chi connectivity index (χ3n) is 8.60. The zero-order chi connectivity index (χ0) is 25.6. The Kier molecular flexibility index (Phi) is 6.96. The van der Waals surface area contributed by atoms with Crippen molar-refractivity contribution in [1.29, 1.82) is 0 Å². The number of carbonyl (C=O) groups is 1. The number of alkyl halides is 3. The SMILES string of the molecule is C[C@H]1CC(Oc2ccc3cc(CN4C5CCCC4CC(C(=O)O)C5)ccc3c2C(F)(F)F)C[C@H](C)C1. The van der Waals surface area contributed by atoms with Crippen molar-refractivity contribution in [1.82, 2.24) is 4.90 Å². The van der Waals surface area contributed by atoms with Crippen molar-refractivity contribution in [3.8, 4) is 5.75 Å². The molecule has 196 valence electrons. The van der Waals surface area contributed by atoms with Crippen LogP contribution in [0.5, 0.6) is 5.75 Å². The quantitative estimate of drug-likeness (QED) is 0.466. The Morgan fingerprint density at radius 3 is 2.28 bits per heavy atom. The normalized spacial score (nSPS) is 31.4. The van der Waals surface area contributed by atoms with Crippen molar-refractivity contribution in [2.45, 2.75) is 96.1 Å². The summed E-state index contributed by atoms with van der Waals surface area (Å²) in [5.41, 5.74) is 0.279. The zero-order valence-corrected chi connectivity index (χ0v) is 21.1. The van der Waals surface area contributed by atoms with Crippen molar-refractivity contribution in [2.75, 3.05) is 0 Å². The van der Waals surface area contributed by atoms with E-state index >= 15 is 0 Å². The number of benzene rings is 2. The first-order valence-electron chi connectivity index (χ1n) is 13.4. The van der Waals surface area contributed by atoms with Gasteiger partial charge in [0.25, 0.3) is 0 Å². The summed E-state index contributed by atoms with van der Waals surface area (Å²) >= 11 is 0. The van der Waals surface area contributed by atoms with Gasteiger partial charge in [0, 0.05) is 18.6 Å². The largest absolute Gasteiger partial charge is 0.490 e. The van der Waals surface area contributed by atoms with Crippen LogP contribution in [0.2, 0.25) is 0 Å². The number of hydrogen-bond acceptors (Lipinski definition) is 3. The number of halogens is 3. The third kappa shape index (κ3) is 5.22. The van der Waals surface area contributed by atoms with E-state index in [1.54, 1.807) is 18.2 Å². The summed E-state index contributed by atoms with van der Waals surface area (Å²) in [5.74, 6) is -0.199. The molecule has 0 radical (unpaired) electrons. The van der Waals surface area contributed by atoms with Crippen LogP contribution in [0.15, 0.2) is 30.3 Å². The van der Waals surface area contributed by atoms with Gasteiger partial charge in [-0.2, -0.15) is 13.2 Å². The minimum atomic E-state index is -4.52. The van der Waals surface area contributed by atoms with Crippen LogP contribution in [0, 0.1) is 17.8 Å². The van der Waals surface area contributed by atoms with E-state index in [1.165, 1.54) is 6.07 Å². The molecule has 5 rings (SSSR count). The van der Waals surface area contributed by atoms with E-state index in [0.717, 1.165) is 44.1 Å². The molecule has 0 amide bonds. The molecule has 3 aliphatic rings. The van der Waals surface area contributed by atoms with E-state index in [0.29, 0.717) is 36.6 Å². The summed E-state index contributed by atoms with van der Waals surface area (Å²) < 4.78 is 48.9. The van der Waals surface area contributed by atoms with Crippen LogP contribution in [0.4, 0.5) is 13.2 Å². The summed E-state index contributed by atoms with van der Waals surface area (Å²) in [6.07, 6.45) is 2.28. The van der Waals surface area contributed by atoms with Gasteiger partial charge in [-0.1, -0.05) is 38.5 Å². The van der Waals surface area contributed by atoms with E-state index in [9.17, 15) is 23.1 Å². The lowest BCUT2D eigenvalue weighted by Crippen LogP contribution is -2.52. The highest BCUT2D eigenvalue weighted by atomic mass is 19.4. The van der Waals surface area contributed by atoms with Gasteiger partial charge >= 0.3 is 12.1 Å². The van der Waals surface area contributed by atoms with Gasteiger partial charge in [-0.15, -0.1) is 0 Å². The van der Waals surface area contributed by atoms with Gasteiger partial charge in [-0.25, -0.2) is 0 Å². The fraction of sp³-hybridized carbons (Fsp3) is 0.621. The number of carboxylic acid groups (broad SMARTS) is 1. The Morgan fingerprint density at radius 1 is 1.00 bits per heavy atom. The van der Waals surface area contributed by atoms with Crippen LogP contribution >= 0.6 is 0 Å². The molecule has 0 spiro atoms. The summed E-state index contributed by atoms with van der Waals surface area (Å²) in [4.78, 5) is 14.0. The van der Waals surface area contributed by atoms with Crippen LogP contribution in [0.25, 0.3) is 10.8 Å². The number of rotatable bonds is 5. The molecule has 2 aromatic carbocycles. The molecule has 4 nitrogen and oxygen atoms in total. The highest BCUT2D eigenvalue weighted by Gasteiger charge is 2.41. The first kappa shape index (κ1) is 25.4. The number of hydrogen-bond donors (Lipinski definition) is 1.